The minimum Gasteiger partial charge on any atom is -0.310 e. The van der Waals surface area contributed by atoms with Crippen molar-refractivity contribution in [3.63, 3.8) is 0 Å². The normalized spacial score (nSPS) is 13.1. The Hall–Kier alpha value is -0.890. The summed E-state index contributed by atoms with van der Waals surface area (Å²) in [5.74, 6) is 0.697. The van der Waals surface area contributed by atoms with Crippen LogP contribution < -0.4 is 5.32 Å². The molecule has 1 aromatic rings. The maximum Gasteiger partial charge on any atom is 0.0420 e. The second-order valence-corrected chi connectivity index (χ2v) is 4.29. The largest absolute Gasteiger partial charge is 0.310 e. The second-order valence-electron chi connectivity index (χ2n) is 4.29. The van der Waals surface area contributed by atoms with E-state index >= 15 is 0 Å². The van der Waals surface area contributed by atoms with E-state index in [1.54, 1.807) is 0 Å². The Morgan fingerprint density at radius 2 is 1.94 bits per heavy atom. The summed E-state index contributed by atoms with van der Waals surface area (Å²) < 4.78 is 0. The van der Waals surface area contributed by atoms with Gasteiger partial charge in [0.15, 0.2) is 0 Å². The first kappa shape index (κ1) is 13.2. The Bertz CT molecular complexity index is 305. The Morgan fingerprint density at radius 1 is 1.25 bits per heavy atom. The fourth-order valence-electron chi connectivity index (χ4n) is 2.34. The van der Waals surface area contributed by atoms with E-state index in [2.05, 4.69) is 44.1 Å². The molecule has 1 heterocycles. The van der Waals surface area contributed by atoms with Crippen LogP contribution in [0.1, 0.15) is 50.9 Å². The molecule has 2 heteroatoms. The quantitative estimate of drug-likeness (QED) is 0.794. The van der Waals surface area contributed by atoms with Gasteiger partial charge in [-0.2, -0.15) is 0 Å². The summed E-state index contributed by atoms with van der Waals surface area (Å²) in [5.41, 5.74) is 2.51. The lowest BCUT2D eigenvalue weighted by atomic mass is 9.88. The lowest BCUT2D eigenvalue weighted by molar-refractivity contribution is 0.345. The molecule has 16 heavy (non-hydrogen) atoms. The predicted octanol–water partition coefficient (Wildman–Crippen LogP) is 3.48. The molecule has 2 nitrogen and oxygen atoms in total. The minimum atomic E-state index is 0.453. The average Bonchev–Trinajstić information content (AvgIpc) is 2.30. The van der Waals surface area contributed by atoms with Crippen LogP contribution >= 0.6 is 0 Å². The van der Waals surface area contributed by atoms with E-state index in [1.165, 1.54) is 18.4 Å². The monoisotopic (exact) mass is 220 g/mol. The van der Waals surface area contributed by atoms with Gasteiger partial charge in [0, 0.05) is 17.9 Å². The molecule has 0 aliphatic rings. The van der Waals surface area contributed by atoms with Gasteiger partial charge in [0.1, 0.15) is 0 Å². The first-order chi connectivity index (χ1) is 7.74. The average molecular weight is 220 g/mol. The lowest BCUT2D eigenvalue weighted by Gasteiger charge is -2.27. The predicted molar refractivity (Wildman–Crippen MR) is 69.5 cm³/mol. The van der Waals surface area contributed by atoms with E-state index in [0.717, 1.165) is 12.2 Å². The summed E-state index contributed by atoms with van der Waals surface area (Å²) in [4.78, 5) is 4.39. The maximum absolute atomic E-state index is 4.39. The zero-order chi connectivity index (χ0) is 12.0. The van der Waals surface area contributed by atoms with Crippen LogP contribution in [-0.4, -0.2) is 11.5 Å². The van der Waals surface area contributed by atoms with Crippen LogP contribution in [0.3, 0.4) is 0 Å². The number of aromatic nitrogens is 1. The van der Waals surface area contributed by atoms with Crippen molar-refractivity contribution in [1.29, 1.82) is 0 Å². The number of rotatable bonds is 6. The summed E-state index contributed by atoms with van der Waals surface area (Å²) in [6.07, 6.45) is 4.29. The van der Waals surface area contributed by atoms with Gasteiger partial charge in [0.05, 0.1) is 0 Å². The van der Waals surface area contributed by atoms with Gasteiger partial charge in [-0.25, -0.2) is 0 Å². The van der Waals surface area contributed by atoms with Gasteiger partial charge in [-0.15, -0.1) is 0 Å². The smallest absolute Gasteiger partial charge is 0.0420 e. The van der Waals surface area contributed by atoms with E-state index in [-0.39, 0.29) is 0 Å². The van der Waals surface area contributed by atoms with Crippen LogP contribution in [0.2, 0.25) is 0 Å². The maximum atomic E-state index is 4.39. The fraction of sp³-hybridized carbons (Fsp3) is 0.643. The molecule has 0 bridgehead atoms. The molecule has 0 aliphatic heterocycles. The summed E-state index contributed by atoms with van der Waals surface area (Å²) in [6, 6.07) is 4.69. The summed E-state index contributed by atoms with van der Waals surface area (Å²) in [6.45, 7) is 9.81. The fourth-order valence-corrected chi connectivity index (χ4v) is 2.34. The van der Waals surface area contributed by atoms with Crippen molar-refractivity contribution < 1.29 is 0 Å². The number of hydrogen-bond acceptors (Lipinski definition) is 2. The Morgan fingerprint density at radius 3 is 2.44 bits per heavy atom. The van der Waals surface area contributed by atoms with Gasteiger partial charge in [-0.05, 0) is 31.0 Å². The molecule has 0 saturated heterocycles. The summed E-state index contributed by atoms with van der Waals surface area (Å²) in [5, 5.41) is 3.60. The second kappa shape index (κ2) is 6.64. The molecule has 0 fully saturated rings. The molecule has 1 atom stereocenters. The van der Waals surface area contributed by atoms with Crippen molar-refractivity contribution in [3.8, 4) is 0 Å². The highest BCUT2D eigenvalue weighted by Crippen LogP contribution is 2.28. The molecule has 1 N–H and O–H groups in total. The Labute approximate surface area is 99.5 Å². The highest BCUT2D eigenvalue weighted by molar-refractivity contribution is 5.23. The van der Waals surface area contributed by atoms with Crippen LogP contribution in [0, 0.1) is 12.8 Å². The first-order valence-corrected chi connectivity index (χ1v) is 6.39. The van der Waals surface area contributed by atoms with Crippen molar-refractivity contribution in [3.05, 3.63) is 29.6 Å². The van der Waals surface area contributed by atoms with Gasteiger partial charge in [-0.1, -0.05) is 39.7 Å². The van der Waals surface area contributed by atoms with Crippen LogP contribution in [0.4, 0.5) is 0 Å². The minimum absolute atomic E-state index is 0.453. The summed E-state index contributed by atoms with van der Waals surface area (Å²) in [7, 11) is 0. The topological polar surface area (TPSA) is 24.9 Å². The van der Waals surface area contributed by atoms with Crippen molar-refractivity contribution in [2.24, 2.45) is 5.92 Å². The molecule has 0 spiro atoms. The molecular formula is C14H24N2. The Balaban J connectivity index is 2.97. The molecule has 1 unspecified atom stereocenters. The Kier molecular flexibility index (Phi) is 5.47. The molecule has 0 saturated carbocycles. The van der Waals surface area contributed by atoms with E-state index < -0.39 is 0 Å². The number of aryl methyl sites for hydroxylation is 1. The van der Waals surface area contributed by atoms with Crippen LogP contribution in [-0.2, 0) is 0 Å². The molecule has 1 aromatic heterocycles. The number of hydrogen-bond donors (Lipinski definition) is 1. The van der Waals surface area contributed by atoms with Crippen molar-refractivity contribution in [1.82, 2.24) is 10.3 Å². The zero-order valence-corrected chi connectivity index (χ0v) is 11.0. The number of nitrogens with one attached hydrogen (secondary N) is 1. The standard InChI is InChI=1S/C14H24N2/c1-5-12(6-2)14(15-7-3)13-9-8-10-16-11(13)4/h8-10,12,14-15H,5-7H2,1-4H3. The van der Waals surface area contributed by atoms with Crippen molar-refractivity contribution in [2.45, 2.75) is 46.6 Å². The third-order valence-corrected chi connectivity index (χ3v) is 3.33. The first-order valence-electron chi connectivity index (χ1n) is 6.39. The van der Waals surface area contributed by atoms with Gasteiger partial charge < -0.3 is 5.32 Å². The van der Waals surface area contributed by atoms with Gasteiger partial charge in [0.2, 0.25) is 0 Å². The van der Waals surface area contributed by atoms with Gasteiger partial charge in [-0.3, -0.25) is 4.98 Å². The van der Waals surface area contributed by atoms with Crippen molar-refractivity contribution >= 4 is 0 Å². The van der Waals surface area contributed by atoms with E-state index in [4.69, 9.17) is 0 Å². The third kappa shape index (κ3) is 3.05. The van der Waals surface area contributed by atoms with Gasteiger partial charge in [0.25, 0.3) is 0 Å². The van der Waals surface area contributed by atoms with Crippen LogP contribution in [0.25, 0.3) is 0 Å². The SMILES string of the molecule is CCNC(c1cccnc1C)C(CC)CC. The molecule has 0 aromatic carbocycles. The van der Waals surface area contributed by atoms with E-state index in [9.17, 15) is 0 Å². The lowest BCUT2D eigenvalue weighted by Crippen LogP contribution is -2.28. The van der Waals surface area contributed by atoms with Crippen molar-refractivity contribution in [2.75, 3.05) is 6.54 Å². The van der Waals surface area contributed by atoms with E-state index in [1.807, 2.05) is 12.3 Å². The molecular weight excluding hydrogens is 196 g/mol. The molecule has 0 amide bonds. The van der Waals surface area contributed by atoms with Crippen LogP contribution in [0.5, 0.6) is 0 Å². The van der Waals surface area contributed by atoms with Crippen LogP contribution in [0.15, 0.2) is 18.3 Å². The highest BCUT2D eigenvalue weighted by atomic mass is 14.9. The molecule has 0 aliphatic carbocycles. The molecule has 1 rings (SSSR count). The number of nitrogens with zero attached hydrogens (tertiary/aromatic N) is 1. The van der Waals surface area contributed by atoms with Gasteiger partial charge >= 0.3 is 0 Å². The molecule has 90 valence electrons. The van der Waals surface area contributed by atoms with E-state index in [0.29, 0.717) is 12.0 Å². The third-order valence-electron chi connectivity index (χ3n) is 3.33. The highest BCUT2D eigenvalue weighted by Gasteiger charge is 2.20. The number of pyridine rings is 1. The zero-order valence-electron chi connectivity index (χ0n) is 11.0. The molecule has 0 radical (unpaired) electrons. The summed E-state index contributed by atoms with van der Waals surface area (Å²) >= 11 is 0.